The normalized spacial score (nSPS) is 15.3. The van der Waals surface area contributed by atoms with E-state index in [-0.39, 0.29) is 11.4 Å². The number of rotatable bonds is 8. The van der Waals surface area contributed by atoms with Crippen molar-refractivity contribution in [1.82, 2.24) is 8.61 Å². The highest BCUT2D eigenvalue weighted by Crippen LogP contribution is 2.15. The SMILES string of the molecule is CC(=NOC(=O)N(C)SN(C)C(=O)ON=C(C)C(C)S(C)(=O)=O)C(C)S(C)(=O)=O. The lowest BCUT2D eigenvalue weighted by molar-refractivity contribution is 0.130. The van der Waals surface area contributed by atoms with E-state index in [4.69, 9.17) is 0 Å². The van der Waals surface area contributed by atoms with E-state index in [0.717, 1.165) is 21.1 Å². The Morgan fingerprint density at radius 3 is 1.31 bits per heavy atom. The van der Waals surface area contributed by atoms with E-state index in [1.165, 1.54) is 41.8 Å². The fourth-order valence-electron chi connectivity index (χ4n) is 1.36. The standard InChI is InChI=1S/C14H26N4O8S3/c1-9(11(3)28(7,21)22)15-25-13(19)17(5)27-18(6)14(20)26-16-10(2)12(4)29(8,23)24/h11-12H,1-8H3. The average molecular weight is 475 g/mol. The zero-order chi connectivity index (χ0) is 23.2. The van der Waals surface area contributed by atoms with Crippen molar-refractivity contribution in [2.75, 3.05) is 26.6 Å². The largest absolute Gasteiger partial charge is 0.447 e. The van der Waals surface area contributed by atoms with Crippen molar-refractivity contribution in [3.8, 4) is 0 Å². The summed E-state index contributed by atoms with van der Waals surface area (Å²) in [5, 5.41) is 5.11. The van der Waals surface area contributed by atoms with Gasteiger partial charge in [0.05, 0.1) is 34.1 Å². The predicted molar refractivity (Wildman–Crippen MR) is 111 cm³/mol. The van der Waals surface area contributed by atoms with Gasteiger partial charge in [0.15, 0.2) is 19.7 Å². The number of carbonyl (C=O) groups excluding carboxylic acids is 2. The van der Waals surface area contributed by atoms with E-state index in [0.29, 0.717) is 12.1 Å². The van der Waals surface area contributed by atoms with Crippen LogP contribution in [0.1, 0.15) is 27.7 Å². The number of amides is 2. The lowest BCUT2D eigenvalue weighted by Gasteiger charge is -2.19. The van der Waals surface area contributed by atoms with Crippen LogP contribution in [0.4, 0.5) is 9.59 Å². The molecule has 0 rings (SSSR count). The highest BCUT2D eigenvalue weighted by atomic mass is 32.2. The van der Waals surface area contributed by atoms with Gasteiger partial charge in [-0.3, -0.25) is 9.68 Å². The topological polar surface area (TPSA) is 152 Å². The van der Waals surface area contributed by atoms with Crippen LogP contribution in [0, 0.1) is 0 Å². The summed E-state index contributed by atoms with van der Waals surface area (Å²) in [5.74, 6) is 0. The van der Waals surface area contributed by atoms with Gasteiger partial charge < -0.3 is 0 Å². The van der Waals surface area contributed by atoms with Gasteiger partial charge in [0.25, 0.3) is 0 Å². The molecule has 2 unspecified atom stereocenters. The minimum atomic E-state index is -3.39. The quantitative estimate of drug-likeness (QED) is 0.219. The first kappa shape index (κ1) is 27.1. The number of oxime groups is 2. The first-order valence-corrected chi connectivity index (χ1v) is 12.7. The first-order chi connectivity index (χ1) is 13.0. The zero-order valence-corrected chi connectivity index (χ0v) is 19.9. The van der Waals surface area contributed by atoms with Crippen LogP contribution in [0.15, 0.2) is 10.3 Å². The van der Waals surface area contributed by atoms with Gasteiger partial charge in [-0.1, -0.05) is 10.3 Å². The molecule has 2 atom stereocenters. The van der Waals surface area contributed by atoms with Crippen LogP contribution >= 0.6 is 12.1 Å². The molecule has 0 aliphatic heterocycles. The molecule has 15 heteroatoms. The molecule has 0 heterocycles. The molecule has 0 saturated carbocycles. The molecule has 0 fully saturated rings. The van der Waals surface area contributed by atoms with Gasteiger partial charge in [0.1, 0.15) is 0 Å². The molecule has 0 aliphatic rings. The highest BCUT2D eigenvalue weighted by Gasteiger charge is 2.23. The van der Waals surface area contributed by atoms with Crippen LogP contribution in [0.3, 0.4) is 0 Å². The summed E-state index contributed by atoms with van der Waals surface area (Å²) >= 11 is 0.590. The van der Waals surface area contributed by atoms with Crippen molar-refractivity contribution >= 4 is 55.4 Å². The van der Waals surface area contributed by atoms with Crippen LogP contribution in [-0.4, -0.2) is 86.2 Å². The molecule has 0 aliphatic carbocycles. The van der Waals surface area contributed by atoms with Gasteiger partial charge in [0.2, 0.25) is 0 Å². The monoisotopic (exact) mass is 474 g/mol. The molecule has 168 valence electrons. The van der Waals surface area contributed by atoms with Crippen LogP contribution in [0.2, 0.25) is 0 Å². The Morgan fingerprint density at radius 2 is 1.07 bits per heavy atom. The third kappa shape index (κ3) is 9.45. The summed E-state index contributed by atoms with van der Waals surface area (Å²) < 4.78 is 47.6. The lowest BCUT2D eigenvalue weighted by Crippen LogP contribution is -2.30. The highest BCUT2D eigenvalue weighted by molar-refractivity contribution is 7.95. The Morgan fingerprint density at radius 1 is 0.793 bits per heavy atom. The van der Waals surface area contributed by atoms with Gasteiger partial charge in [-0.2, -0.15) is 0 Å². The van der Waals surface area contributed by atoms with E-state index in [2.05, 4.69) is 20.0 Å². The number of hydrogen-bond acceptors (Lipinski definition) is 11. The molecule has 0 N–H and O–H groups in total. The molecule has 0 aromatic carbocycles. The lowest BCUT2D eigenvalue weighted by atomic mass is 10.3. The molecule has 0 saturated heterocycles. The molecule has 0 radical (unpaired) electrons. The van der Waals surface area contributed by atoms with Gasteiger partial charge in [-0.25, -0.2) is 35.0 Å². The fourth-order valence-corrected chi connectivity index (χ4v) is 3.25. The third-order valence-electron chi connectivity index (χ3n) is 3.76. The van der Waals surface area contributed by atoms with Gasteiger partial charge in [-0.05, 0) is 27.7 Å². The molecule has 29 heavy (non-hydrogen) atoms. The second-order valence-electron chi connectivity index (χ2n) is 6.20. The smallest absolute Gasteiger partial charge is 0.297 e. The minimum absolute atomic E-state index is 0.0804. The first-order valence-electron chi connectivity index (χ1n) is 8.02. The maximum atomic E-state index is 11.9. The van der Waals surface area contributed by atoms with E-state index >= 15 is 0 Å². The molecule has 0 aromatic heterocycles. The van der Waals surface area contributed by atoms with E-state index in [1.54, 1.807) is 0 Å². The fraction of sp³-hybridized carbons (Fsp3) is 0.714. The van der Waals surface area contributed by atoms with Crippen LogP contribution in [0.25, 0.3) is 0 Å². The molecular weight excluding hydrogens is 448 g/mol. The van der Waals surface area contributed by atoms with Crippen LogP contribution in [0.5, 0.6) is 0 Å². The molecule has 12 nitrogen and oxygen atoms in total. The third-order valence-corrected chi connectivity index (χ3v) is 7.79. The average Bonchev–Trinajstić information content (AvgIpc) is 2.60. The predicted octanol–water partition coefficient (Wildman–Crippen LogP) is 1.30. The second-order valence-corrected chi connectivity index (χ2v) is 12.2. The second kappa shape index (κ2) is 10.8. The Balaban J connectivity index is 4.82. The Labute approximate surface area is 175 Å². The Hall–Kier alpha value is -1.87. The minimum Gasteiger partial charge on any atom is -0.297 e. The van der Waals surface area contributed by atoms with Crippen molar-refractivity contribution in [2.45, 2.75) is 38.2 Å². The van der Waals surface area contributed by atoms with Gasteiger partial charge >= 0.3 is 12.2 Å². The van der Waals surface area contributed by atoms with Crippen molar-refractivity contribution in [1.29, 1.82) is 0 Å². The number of nitrogens with zero attached hydrogens (tertiary/aromatic N) is 4. The number of carbonyl (C=O) groups is 2. The molecule has 0 aromatic rings. The molecule has 0 bridgehead atoms. The number of hydrogen-bond donors (Lipinski definition) is 0. The maximum Gasteiger partial charge on any atom is 0.447 e. The van der Waals surface area contributed by atoms with Gasteiger partial charge in [-0.15, -0.1) is 0 Å². The van der Waals surface area contributed by atoms with Crippen molar-refractivity contribution < 1.29 is 36.1 Å². The van der Waals surface area contributed by atoms with E-state index < -0.39 is 42.4 Å². The molecule has 0 spiro atoms. The van der Waals surface area contributed by atoms with E-state index in [9.17, 15) is 26.4 Å². The molecule has 2 amide bonds. The van der Waals surface area contributed by atoms with Crippen LogP contribution < -0.4 is 0 Å². The van der Waals surface area contributed by atoms with E-state index in [1.807, 2.05) is 0 Å². The summed E-state index contributed by atoms with van der Waals surface area (Å²) in [6, 6.07) is 0. The van der Waals surface area contributed by atoms with Crippen molar-refractivity contribution in [3.63, 3.8) is 0 Å². The van der Waals surface area contributed by atoms with Crippen molar-refractivity contribution in [2.24, 2.45) is 10.3 Å². The number of sulfone groups is 2. The Bertz CT molecular complexity index is 811. The maximum absolute atomic E-state index is 11.9. The summed E-state index contributed by atoms with van der Waals surface area (Å²) in [5.41, 5.74) is 0.161. The van der Waals surface area contributed by atoms with Crippen LogP contribution in [-0.2, 0) is 29.3 Å². The molecular formula is C14H26N4O8S3. The summed E-state index contributed by atoms with van der Waals surface area (Å²) in [6.07, 6.45) is 0.115. The summed E-state index contributed by atoms with van der Waals surface area (Å²) in [7, 11) is -4.22. The summed E-state index contributed by atoms with van der Waals surface area (Å²) in [4.78, 5) is 33.1. The summed E-state index contributed by atoms with van der Waals surface area (Å²) in [6.45, 7) is 5.59. The Kier molecular flexibility index (Phi) is 10.1. The zero-order valence-electron chi connectivity index (χ0n) is 17.4. The van der Waals surface area contributed by atoms with Gasteiger partial charge in [0, 0.05) is 26.6 Å². The van der Waals surface area contributed by atoms with Crippen molar-refractivity contribution in [3.05, 3.63) is 0 Å².